The van der Waals surface area contributed by atoms with E-state index in [9.17, 15) is 5.26 Å². The van der Waals surface area contributed by atoms with E-state index in [0.29, 0.717) is 5.56 Å². The maximum atomic E-state index is 10.8. The van der Waals surface area contributed by atoms with E-state index in [4.69, 9.17) is 5.41 Å². The van der Waals surface area contributed by atoms with Crippen LogP contribution in [0.25, 0.3) is 95.3 Å². The number of para-hydroxylation sites is 2. The van der Waals surface area contributed by atoms with Crippen molar-refractivity contribution < 1.29 is 0 Å². The highest BCUT2D eigenvalue weighted by molar-refractivity contribution is 7.26. The normalized spacial score (nSPS) is 12.1. The van der Waals surface area contributed by atoms with Crippen molar-refractivity contribution in [3.63, 3.8) is 0 Å². The molecule has 0 fully saturated rings. The molecular formula is C44H24N4S2. The molecule has 4 aromatic heterocycles. The molecule has 6 heteroatoms. The molecule has 232 valence electrons. The number of thiophene rings is 2. The van der Waals surface area contributed by atoms with Gasteiger partial charge in [-0.3, -0.25) is 0 Å². The highest BCUT2D eigenvalue weighted by Crippen LogP contribution is 2.43. The van der Waals surface area contributed by atoms with Crippen molar-refractivity contribution >= 4 is 113 Å². The molecule has 0 unspecified atom stereocenters. The summed E-state index contributed by atoms with van der Waals surface area (Å²) in [5, 5.41) is 29.2. The van der Waals surface area contributed by atoms with Crippen LogP contribution in [0.2, 0.25) is 0 Å². The van der Waals surface area contributed by atoms with Crippen LogP contribution in [0.15, 0.2) is 133 Å². The molecule has 0 bridgehead atoms. The average Bonchev–Trinajstić information content (AvgIpc) is 3.89. The van der Waals surface area contributed by atoms with Crippen LogP contribution in [0, 0.1) is 16.7 Å². The SMILES string of the molecule is N#Cc1cc(-n2c3ccccc3c3cc4c(cc32)sc2ccccc24)c(C=N)cc1-n1c2ccccc2c2cc3c(cc21)sc1ccccc13. The lowest BCUT2D eigenvalue weighted by Gasteiger charge is -2.16. The number of benzene rings is 7. The van der Waals surface area contributed by atoms with E-state index in [1.165, 1.54) is 46.6 Å². The van der Waals surface area contributed by atoms with Crippen LogP contribution < -0.4 is 0 Å². The molecule has 0 saturated heterocycles. The Morgan fingerprint density at radius 3 is 1.46 bits per heavy atom. The lowest BCUT2D eigenvalue weighted by atomic mass is 10.1. The molecule has 0 amide bonds. The van der Waals surface area contributed by atoms with Crippen molar-refractivity contribution in [3.05, 3.63) is 145 Å². The summed E-state index contributed by atoms with van der Waals surface area (Å²) < 4.78 is 9.42. The molecule has 0 aliphatic carbocycles. The minimum Gasteiger partial charge on any atom is -0.308 e. The van der Waals surface area contributed by atoms with E-state index in [0.717, 1.165) is 60.5 Å². The molecule has 0 radical (unpaired) electrons. The smallest absolute Gasteiger partial charge is 0.101 e. The molecule has 0 aliphatic rings. The first-order valence-corrected chi connectivity index (χ1v) is 18.1. The van der Waals surface area contributed by atoms with Crippen LogP contribution in [0.4, 0.5) is 0 Å². The zero-order valence-electron chi connectivity index (χ0n) is 26.4. The molecule has 50 heavy (non-hydrogen) atoms. The van der Waals surface area contributed by atoms with Crippen LogP contribution in [0.3, 0.4) is 0 Å². The minimum absolute atomic E-state index is 0.554. The average molecular weight is 673 g/mol. The Balaban J connectivity index is 1.22. The summed E-state index contributed by atoms with van der Waals surface area (Å²) in [5.74, 6) is 0. The van der Waals surface area contributed by atoms with Crippen molar-refractivity contribution in [2.45, 2.75) is 0 Å². The van der Waals surface area contributed by atoms with E-state index in [-0.39, 0.29) is 0 Å². The fourth-order valence-electron chi connectivity index (χ4n) is 8.07. The Morgan fingerprint density at radius 1 is 0.460 bits per heavy atom. The van der Waals surface area contributed by atoms with Crippen LogP contribution in [0.1, 0.15) is 11.1 Å². The molecule has 0 saturated carbocycles. The quantitative estimate of drug-likeness (QED) is 0.187. The van der Waals surface area contributed by atoms with E-state index in [2.05, 4.69) is 137 Å². The highest BCUT2D eigenvalue weighted by atomic mass is 32.1. The van der Waals surface area contributed by atoms with Gasteiger partial charge in [0.15, 0.2) is 0 Å². The van der Waals surface area contributed by atoms with Crippen molar-refractivity contribution in [3.8, 4) is 17.4 Å². The third-order valence-electron chi connectivity index (χ3n) is 10.2. The van der Waals surface area contributed by atoms with Gasteiger partial charge in [0.1, 0.15) is 6.07 Å². The molecule has 0 aliphatic heterocycles. The van der Waals surface area contributed by atoms with Gasteiger partial charge in [-0.1, -0.05) is 72.8 Å². The summed E-state index contributed by atoms with van der Waals surface area (Å²) in [6.07, 6.45) is 1.43. The summed E-state index contributed by atoms with van der Waals surface area (Å²) in [5.41, 5.74) is 7.09. The lowest BCUT2D eigenvalue weighted by Crippen LogP contribution is -2.05. The van der Waals surface area contributed by atoms with Crippen molar-refractivity contribution in [1.29, 1.82) is 10.7 Å². The molecule has 0 atom stereocenters. The first-order valence-electron chi connectivity index (χ1n) is 16.5. The van der Waals surface area contributed by atoms with Gasteiger partial charge in [0, 0.05) is 73.7 Å². The van der Waals surface area contributed by atoms with Crippen molar-refractivity contribution in [2.75, 3.05) is 0 Å². The molecule has 0 spiro atoms. The molecule has 11 rings (SSSR count). The molecule has 7 aromatic carbocycles. The fraction of sp³-hybridized carbons (Fsp3) is 0. The van der Waals surface area contributed by atoms with Gasteiger partial charge >= 0.3 is 0 Å². The van der Waals surface area contributed by atoms with Crippen LogP contribution >= 0.6 is 22.7 Å². The summed E-state index contributed by atoms with van der Waals surface area (Å²) in [6.45, 7) is 0. The number of hydrogen-bond donors (Lipinski definition) is 1. The Kier molecular flexibility index (Phi) is 5.60. The third kappa shape index (κ3) is 3.65. The standard InChI is InChI=1S/C44H24N4S2/c45-23-25-18-38(48-36-14-6-2-10-28(36)32-20-34-30-12-4-8-16-42(30)50-44(34)22-40(32)48)26(24-46)17-37(25)47-35-13-5-1-9-27(35)31-19-33-29-11-3-7-15-41(29)49-43(33)21-39(31)47/h1-23,45H. The second-order valence-corrected chi connectivity index (χ2v) is 15.0. The first kappa shape index (κ1) is 27.7. The number of nitriles is 1. The number of rotatable bonds is 3. The topological polar surface area (TPSA) is 57.5 Å². The number of aromatic nitrogens is 2. The monoisotopic (exact) mass is 672 g/mol. The first-order chi connectivity index (χ1) is 24.7. The Hall–Kier alpha value is -6.26. The van der Waals surface area contributed by atoms with Crippen molar-refractivity contribution in [1.82, 2.24) is 9.13 Å². The summed E-state index contributed by atoms with van der Waals surface area (Å²) in [6, 6.07) is 49.8. The van der Waals surface area contributed by atoms with Gasteiger partial charge in [-0.05, 0) is 60.7 Å². The highest BCUT2D eigenvalue weighted by Gasteiger charge is 2.22. The lowest BCUT2D eigenvalue weighted by molar-refractivity contribution is 1.13. The predicted molar refractivity (Wildman–Crippen MR) is 213 cm³/mol. The maximum absolute atomic E-state index is 10.8. The largest absolute Gasteiger partial charge is 0.308 e. The van der Waals surface area contributed by atoms with E-state index in [1.807, 2.05) is 12.1 Å². The fourth-order valence-corrected chi connectivity index (χ4v) is 10.3. The zero-order valence-corrected chi connectivity index (χ0v) is 28.1. The Morgan fingerprint density at radius 2 is 0.940 bits per heavy atom. The van der Waals surface area contributed by atoms with E-state index >= 15 is 0 Å². The second kappa shape index (κ2) is 10.1. The number of hydrogen-bond acceptors (Lipinski definition) is 4. The third-order valence-corrected chi connectivity index (χ3v) is 12.5. The maximum Gasteiger partial charge on any atom is 0.101 e. The molecule has 1 N–H and O–H groups in total. The molecule has 11 aromatic rings. The molecule has 4 heterocycles. The Labute approximate surface area is 293 Å². The summed E-state index contributed by atoms with van der Waals surface area (Å²) >= 11 is 3.60. The molecular weight excluding hydrogens is 649 g/mol. The number of nitrogens with one attached hydrogen (secondary N) is 1. The minimum atomic E-state index is 0.554. The number of fused-ring (bicyclic) bond motifs is 12. The number of nitrogens with zero attached hydrogens (tertiary/aromatic N) is 3. The van der Waals surface area contributed by atoms with Gasteiger partial charge in [-0.2, -0.15) is 5.26 Å². The predicted octanol–water partition coefficient (Wildman–Crippen LogP) is 12.5. The zero-order chi connectivity index (χ0) is 33.1. The second-order valence-electron chi connectivity index (χ2n) is 12.8. The van der Waals surface area contributed by atoms with E-state index in [1.54, 1.807) is 22.7 Å². The van der Waals surface area contributed by atoms with E-state index < -0.39 is 0 Å². The van der Waals surface area contributed by atoms with Gasteiger partial charge in [0.05, 0.1) is 39.0 Å². The van der Waals surface area contributed by atoms with Crippen LogP contribution in [-0.2, 0) is 0 Å². The molecule has 4 nitrogen and oxygen atoms in total. The van der Waals surface area contributed by atoms with Crippen molar-refractivity contribution in [2.24, 2.45) is 0 Å². The van der Waals surface area contributed by atoms with Gasteiger partial charge in [-0.15, -0.1) is 22.7 Å². The van der Waals surface area contributed by atoms with Gasteiger partial charge in [0.2, 0.25) is 0 Å². The Bertz CT molecular complexity index is 3310. The van der Waals surface area contributed by atoms with Gasteiger partial charge in [0.25, 0.3) is 0 Å². The van der Waals surface area contributed by atoms with Crippen LogP contribution in [-0.4, -0.2) is 15.3 Å². The van der Waals surface area contributed by atoms with Gasteiger partial charge in [-0.25, -0.2) is 0 Å². The summed E-state index contributed by atoms with van der Waals surface area (Å²) in [4.78, 5) is 0. The summed E-state index contributed by atoms with van der Waals surface area (Å²) in [7, 11) is 0. The van der Waals surface area contributed by atoms with Gasteiger partial charge < -0.3 is 14.5 Å². The van der Waals surface area contributed by atoms with Crippen LogP contribution in [0.5, 0.6) is 0 Å².